The van der Waals surface area contributed by atoms with E-state index < -0.39 is 6.10 Å². The molecule has 0 radical (unpaired) electrons. The number of hydrogen-bond acceptors (Lipinski definition) is 6. The van der Waals surface area contributed by atoms with E-state index in [1.807, 2.05) is 24.3 Å². The number of para-hydroxylation sites is 1. The van der Waals surface area contributed by atoms with Gasteiger partial charge in [-0.3, -0.25) is 0 Å². The van der Waals surface area contributed by atoms with Crippen LogP contribution in [0.3, 0.4) is 0 Å². The average Bonchev–Trinajstić information content (AvgIpc) is 2.72. The fourth-order valence-electron chi connectivity index (χ4n) is 3.04. The van der Waals surface area contributed by atoms with Gasteiger partial charge in [-0.15, -0.1) is 0 Å². The first-order valence-electron chi connectivity index (χ1n) is 8.76. The first kappa shape index (κ1) is 19.1. The summed E-state index contributed by atoms with van der Waals surface area (Å²) in [7, 11) is 4.80. The van der Waals surface area contributed by atoms with Crippen LogP contribution in [0.2, 0.25) is 0 Å². The average molecular weight is 371 g/mol. The van der Waals surface area contributed by atoms with Crippen molar-refractivity contribution in [2.24, 2.45) is 0 Å². The van der Waals surface area contributed by atoms with Crippen LogP contribution in [-0.4, -0.2) is 46.1 Å². The van der Waals surface area contributed by atoms with E-state index in [1.54, 1.807) is 33.5 Å². The van der Waals surface area contributed by atoms with E-state index in [0.717, 1.165) is 28.2 Å². The van der Waals surface area contributed by atoms with Crippen molar-refractivity contribution < 1.29 is 24.1 Å². The lowest BCUT2D eigenvalue weighted by Gasteiger charge is -2.21. The normalized spacial score (nSPS) is 13.9. The number of fused-ring (bicyclic) bond motifs is 1. The second-order valence-electron chi connectivity index (χ2n) is 6.23. The lowest BCUT2D eigenvalue weighted by molar-refractivity contribution is 0.175. The fraction of sp³-hybridized carbons (Fsp3) is 0.333. The number of aliphatic hydroxyl groups is 1. The van der Waals surface area contributed by atoms with Crippen LogP contribution < -0.4 is 24.3 Å². The Morgan fingerprint density at radius 1 is 1.04 bits per heavy atom. The van der Waals surface area contributed by atoms with Crippen molar-refractivity contribution in [2.45, 2.75) is 6.10 Å². The number of benzene rings is 2. The summed E-state index contributed by atoms with van der Waals surface area (Å²) in [5, 5.41) is 13.7. The van der Waals surface area contributed by atoms with Gasteiger partial charge in [0, 0.05) is 18.7 Å². The number of ether oxygens (including phenoxy) is 4. The minimum Gasteiger partial charge on any atom is -0.493 e. The molecule has 2 aromatic rings. The van der Waals surface area contributed by atoms with E-state index >= 15 is 0 Å². The monoisotopic (exact) mass is 371 g/mol. The molecule has 0 aliphatic carbocycles. The van der Waals surface area contributed by atoms with E-state index in [-0.39, 0.29) is 0 Å². The molecule has 6 nitrogen and oxygen atoms in total. The topological polar surface area (TPSA) is 69.2 Å². The largest absolute Gasteiger partial charge is 0.493 e. The highest BCUT2D eigenvalue weighted by molar-refractivity contribution is 5.66. The van der Waals surface area contributed by atoms with E-state index in [1.165, 1.54) is 0 Å². The van der Waals surface area contributed by atoms with Crippen molar-refractivity contribution >= 4 is 6.08 Å². The zero-order valence-electron chi connectivity index (χ0n) is 15.8. The van der Waals surface area contributed by atoms with E-state index in [9.17, 15) is 5.11 Å². The van der Waals surface area contributed by atoms with Gasteiger partial charge in [-0.05, 0) is 35.4 Å². The van der Waals surface area contributed by atoms with Gasteiger partial charge in [-0.25, -0.2) is 0 Å². The third-order valence-electron chi connectivity index (χ3n) is 4.47. The smallest absolute Gasteiger partial charge is 0.168 e. The molecule has 1 aliphatic rings. The molecule has 0 amide bonds. The molecule has 1 unspecified atom stereocenters. The maximum atomic E-state index is 10.4. The fourth-order valence-corrected chi connectivity index (χ4v) is 3.04. The van der Waals surface area contributed by atoms with Crippen molar-refractivity contribution in [3.63, 3.8) is 0 Å². The molecule has 27 heavy (non-hydrogen) atoms. The van der Waals surface area contributed by atoms with Gasteiger partial charge < -0.3 is 29.4 Å². The second kappa shape index (κ2) is 8.79. The lowest BCUT2D eigenvalue weighted by atomic mass is 10.1. The maximum absolute atomic E-state index is 10.4. The van der Waals surface area contributed by atoms with Gasteiger partial charge in [0.1, 0.15) is 6.61 Å². The van der Waals surface area contributed by atoms with Crippen molar-refractivity contribution in [2.75, 3.05) is 41.0 Å². The zero-order chi connectivity index (χ0) is 19.2. The molecule has 0 fully saturated rings. The number of hydrogen-bond donors (Lipinski definition) is 2. The Hall–Kier alpha value is -2.70. The van der Waals surface area contributed by atoms with E-state index in [4.69, 9.17) is 18.9 Å². The lowest BCUT2D eigenvalue weighted by Crippen LogP contribution is -2.26. The summed E-state index contributed by atoms with van der Waals surface area (Å²) < 4.78 is 21.7. The standard InChI is InChI=1S/C21H25NO5/c1-24-18-8-7-15(10-20(18)26-3)17(23)12-22-11-14-9-16-5-4-6-19(25-2)21(16)27-13-14/h4-10,17,22-23H,11-13H2,1-3H3. The molecule has 6 heteroatoms. The summed E-state index contributed by atoms with van der Waals surface area (Å²) in [6.07, 6.45) is 1.44. The van der Waals surface area contributed by atoms with Crippen molar-refractivity contribution in [1.82, 2.24) is 5.32 Å². The summed E-state index contributed by atoms with van der Waals surface area (Å²) in [5.41, 5.74) is 2.87. The Morgan fingerprint density at radius 2 is 1.81 bits per heavy atom. The summed E-state index contributed by atoms with van der Waals surface area (Å²) >= 11 is 0. The maximum Gasteiger partial charge on any atom is 0.168 e. The molecule has 0 bridgehead atoms. The summed E-state index contributed by atoms with van der Waals surface area (Å²) in [5.74, 6) is 2.75. The first-order chi connectivity index (χ1) is 13.2. The Bertz CT molecular complexity index is 818. The van der Waals surface area contributed by atoms with Gasteiger partial charge in [0.15, 0.2) is 23.0 Å². The third kappa shape index (κ3) is 4.35. The van der Waals surface area contributed by atoms with Crippen LogP contribution in [0.1, 0.15) is 17.2 Å². The van der Waals surface area contributed by atoms with Gasteiger partial charge in [0.2, 0.25) is 0 Å². The molecular formula is C21H25NO5. The van der Waals surface area contributed by atoms with Crippen LogP contribution in [0.15, 0.2) is 42.0 Å². The SMILES string of the molecule is COc1ccc(C(O)CNCC2=Cc3cccc(OC)c3OC2)cc1OC. The molecule has 0 saturated heterocycles. The summed E-state index contributed by atoms with van der Waals surface area (Å²) in [6.45, 7) is 1.53. The Balaban J connectivity index is 1.59. The van der Waals surface area contributed by atoms with Crippen LogP contribution >= 0.6 is 0 Å². The van der Waals surface area contributed by atoms with Crippen LogP contribution in [0.25, 0.3) is 6.08 Å². The zero-order valence-corrected chi connectivity index (χ0v) is 15.8. The Kier molecular flexibility index (Phi) is 6.21. The highest BCUT2D eigenvalue weighted by Gasteiger charge is 2.16. The molecule has 3 rings (SSSR count). The van der Waals surface area contributed by atoms with E-state index in [2.05, 4.69) is 11.4 Å². The van der Waals surface area contributed by atoms with Gasteiger partial charge in [0.25, 0.3) is 0 Å². The summed E-state index contributed by atoms with van der Waals surface area (Å²) in [6, 6.07) is 11.2. The molecule has 144 valence electrons. The van der Waals surface area contributed by atoms with Crippen LogP contribution in [0, 0.1) is 0 Å². The van der Waals surface area contributed by atoms with Crippen molar-refractivity contribution in [3.05, 3.63) is 53.1 Å². The molecule has 0 saturated carbocycles. The molecule has 1 atom stereocenters. The third-order valence-corrected chi connectivity index (χ3v) is 4.47. The van der Waals surface area contributed by atoms with Crippen LogP contribution in [0.5, 0.6) is 23.0 Å². The van der Waals surface area contributed by atoms with Gasteiger partial charge >= 0.3 is 0 Å². The number of methoxy groups -OCH3 is 3. The molecule has 2 N–H and O–H groups in total. The molecule has 1 heterocycles. The molecule has 1 aliphatic heterocycles. The van der Waals surface area contributed by atoms with Crippen molar-refractivity contribution in [1.29, 1.82) is 0 Å². The first-order valence-corrected chi connectivity index (χ1v) is 8.76. The highest BCUT2D eigenvalue weighted by Crippen LogP contribution is 2.35. The molecule has 0 aromatic heterocycles. The molecule has 0 spiro atoms. The van der Waals surface area contributed by atoms with Gasteiger partial charge in [-0.2, -0.15) is 0 Å². The number of rotatable bonds is 8. The minimum absolute atomic E-state index is 0.414. The molecule has 2 aromatic carbocycles. The number of aliphatic hydroxyl groups excluding tert-OH is 1. The van der Waals surface area contributed by atoms with Crippen molar-refractivity contribution in [3.8, 4) is 23.0 Å². The predicted molar refractivity (Wildman–Crippen MR) is 104 cm³/mol. The molecular weight excluding hydrogens is 346 g/mol. The van der Waals surface area contributed by atoms with Crippen LogP contribution in [0.4, 0.5) is 0 Å². The summed E-state index contributed by atoms with van der Waals surface area (Å²) in [4.78, 5) is 0. The predicted octanol–water partition coefficient (Wildman–Crippen LogP) is 2.81. The quantitative estimate of drug-likeness (QED) is 0.744. The van der Waals surface area contributed by atoms with Crippen LogP contribution in [-0.2, 0) is 0 Å². The van der Waals surface area contributed by atoms with Gasteiger partial charge in [0.05, 0.1) is 27.4 Å². The van der Waals surface area contributed by atoms with Gasteiger partial charge in [-0.1, -0.05) is 18.2 Å². The van der Waals surface area contributed by atoms with E-state index in [0.29, 0.717) is 31.2 Å². The number of nitrogens with one attached hydrogen (secondary N) is 1. The minimum atomic E-state index is -0.651. The Morgan fingerprint density at radius 3 is 2.56 bits per heavy atom. The Labute approximate surface area is 159 Å². The second-order valence-corrected chi connectivity index (χ2v) is 6.23. The highest BCUT2D eigenvalue weighted by atomic mass is 16.5.